The summed E-state index contributed by atoms with van der Waals surface area (Å²) >= 11 is 11.1. The third-order valence-corrected chi connectivity index (χ3v) is 6.30. The number of sulfonamides is 2. The summed E-state index contributed by atoms with van der Waals surface area (Å²) in [6, 6.07) is 4.93. The Morgan fingerprint density at radius 3 is 1.71 bits per heavy atom. The van der Waals surface area contributed by atoms with E-state index in [1.165, 1.54) is 0 Å². The number of hydrogen-bond donors (Lipinski definition) is 3. The van der Waals surface area contributed by atoms with Gasteiger partial charge in [0.15, 0.2) is 0 Å². The lowest BCUT2D eigenvalue weighted by Gasteiger charge is -2.20. The van der Waals surface area contributed by atoms with E-state index in [0.29, 0.717) is 0 Å². The molecule has 2 rings (SSSR count). The Morgan fingerprint density at radius 1 is 0.903 bits per heavy atom. The van der Waals surface area contributed by atoms with Gasteiger partial charge in [0.05, 0.1) is 10.0 Å². The maximum atomic E-state index is 13.0. The van der Waals surface area contributed by atoms with E-state index in [9.17, 15) is 30.4 Å². The first kappa shape index (κ1) is 27.0. The van der Waals surface area contributed by atoms with Crippen LogP contribution in [0.3, 0.4) is 0 Å². The number of halogens is 4. The van der Waals surface area contributed by atoms with Crippen LogP contribution >= 0.6 is 23.2 Å². The van der Waals surface area contributed by atoms with E-state index in [0.717, 1.165) is 36.4 Å². The summed E-state index contributed by atoms with van der Waals surface area (Å²) in [5.74, 6) is -1.45. The Balaban J connectivity index is 0.000000343. The predicted molar refractivity (Wildman–Crippen MR) is 113 cm³/mol. The minimum Gasteiger partial charge on any atom is -0.333 e. The van der Waals surface area contributed by atoms with Gasteiger partial charge >= 0.3 is 6.03 Å². The van der Waals surface area contributed by atoms with Crippen molar-refractivity contribution in [2.45, 2.75) is 36.1 Å². The van der Waals surface area contributed by atoms with Crippen LogP contribution in [0.4, 0.5) is 13.6 Å². The highest BCUT2D eigenvalue weighted by molar-refractivity contribution is 7.90. The van der Waals surface area contributed by atoms with Crippen molar-refractivity contribution in [3.8, 4) is 0 Å². The first-order valence-corrected chi connectivity index (χ1v) is 12.0. The van der Waals surface area contributed by atoms with Crippen LogP contribution in [-0.4, -0.2) is 28.4 Å². The van der Waals surface area contributed by atoms with Crippen molar-refractivity contribution >= 4 is 49.3 Å². The van der Waals surface area contributed by atoms with E-state index in [4.69, 9.17) is 28.3 Å². The smallest absolute Gasteiger partial charge is 0.329 e. The minimum absolute atomic E-state index is 0.0844. The number of urea groups is 1. The predicted octanol–water partition coefficient (Wildman–Crippen LogP) is 3.39. The largest absolute Gasteiger partial charge is 0.333 e. The second kappa shape index (κ2) is 10.1. The van der Waals surface area contributed by atoms with Crippen LogP contribution in [0.5, 0.6) is 0 Å². The van der Waals surface area contributed by atoms with Crippen molar-refractivity contribution in [1.82, 2.24) is 10.0 Å². The number of nitrogens with two attached hydrogens (primary N) is 1. The number of nitrogens with one attached hydrogen (secondary N) is 2. The Bertz CT molecular complexity index is 1180. The molecule has 0 bridgehead atoms. The number of hydrogen-bond acceptors (Lipinski definition) is 5. The molecule has 0 radical (unpaired) electrons. The summed E-state index contributed by atoms with van der Waals surface area (Å²) in [7, 11) is -8.15. The molecule has 0 unspecified atom stereocenters. The van der Waals surface area contributed by atoms with E-state index in [-0.39, 0.29) is 10.0 Å². The topological polar surface area (TPSA) is 135 Å². The molecule has 0 heterocycles. The average molecular weight is 518 g/mol. The Labute approximate surface area is 188 Å². The van der Waals surface area contributed by atoms with Crippen LogP contribution in [0.15, 0.2) is 46.2 Å². The average Bonchev–Trinajstić information content (AvgIpc) is 2.56. The number of carbonyl (C=O) groups excluding carboxylic acids is 1. The van der Waals surface area contributed by atoms with Crippen molar-refractivity contribution in [3.63, 3.8) is 0 Å². The van der Waals surface area contributed by atoms with Gasteiger partial charge in [0.25, 0.3) is 10.0 Å². The highest BCUT2D eigenvalue weighted by atomic mass is 35.5. The summed E-state index contributed by atoms with van der Waals surface area (Å²) in [5, 5.41) is 6.91. The van der Waals surface area contributed by atoms with E-state index >= 15 is 0 Å². The Hall–Kier alpha value is -1.99. The molecule has 0 atom stereocenters. The molecule has 0 saturated carbocycles. The van der Waals surface area contributed by atoms with E-state index in [2.05, 4.69) is 5.32 Å². The highest BCUT2D eigenvalue weighted by Gasteiger charge is 2.23. The molecule has 0 saturated heterocycles. The zero-order chi connectivity index (χ0) is 24.2. The second-order valence-electron chi connectivity index (χ2n) is 7.00. The molecular formula is C17H19Cl2F2N3O5S2. The van der Waals surface area contributed by atoms with Crippen LogP contribution in [0, 0.1) is 11.6 Å². The van der Waals surface area contributed by atoms with Crippen molar-refractivity contribution in [3.05, 3.63) is 58.1 Å². The normalized spacial score (nSPS) is 11.9. The lowest BCUT2D eigenvalue weighted by molar-refractivity contribution is 0.237. The lowest BCUT2D eigenvalue weighted by Crippen LogP contribution is -2.48. The van der Waals surface area contributed by atoms with Gasteiger partial charge in [0.1, 0.15) is 21.4 Å². The van der Waals surface area contributed by atoms with E-state index in [1.807, 2.05) is 0 Å². The SMILES string of the molecule is CC(C)(C)NC(=O)NS(=O)(=O)c1cc(F)ccc1Cl.NS(=O)(=O)c1cc(F)ccc1Cl. The number of amides is 2. The van der Waals surface area contributed by atoms with Gasteiger partial charge in [-0.15, -0.1) is 0 Å². The maximum absolute atomic E-state index is 13.0. The summed E-state index contributed by atoms with van der Waals surface area (Å²) in [4.78, 5) is 10.6. The third kappa shape index (κ3) is 8.95. The number of primary sulfonamides is 1. The van der Waals surface area contributed by atoms with E-state index in [1.54, 1.807) is 25.5 Å². The maximum Gasteiger partial charge on any atom is 0.329 e. The van der Waals surface area contributed by atoms with Crippen LogP contribution in [-0.2, 0) is 20.0 Å². The van der Waals surface area contributed by atoms with Crippen LogP contribution in [0.25, 0.3) is 0 Å². The fourth-order valence-corrected chi connectivity index (χ4v) is 4.40. The van der Waals surface area contributed by atoms with Crippen LogP contribution < -0.4 is 15.2 Å². The van der Waals surface area contributed by atoms with E-state index < -0.39 is 53.0 Å². The highest BCUT2D eigenvalue weighted by Crippen LogP contribution is 2.22. The summed E-state index contributed by atoms with van der Waals surface area (Å²) in [5.41, 5.74) is -0.606. The number of carbonyl (C=O) groups is 1. The van der Waals surface area contributed by atoms with Crippen molar-refractivity contribution in [1.29, 1.82) is 0 Å². The molecule has 172 valence electrons. The van der Waals surface area contributed by atoms with Gasteiger partial charge in [-0.2, -0.15) is 0 Å². The molecule has 2 aromatic carbocycles. The van der Waals surface area contributed by atoms with Crippen molar-refractivity contribution < 1.29 is 30.4 Å². The van der Waals surface area contributed by atoms with Gasteiger partial charge in [-0.1, -0.05) is 23.2 Å². The van der Waals surface area contributed by atoms with Crippen LogP contribution in [0.2, 0.25) is 10.0 Å². The second-order valence-corrected chi connectivity index (χ2v) is 11.0. The van der Waals surface area contributed by atoms with Gasteiger partial charge in [-0.05, 0) is 57.2 Å². The quantitative estimate of drug-likeness (QED) is 0.573. The molecule has 2 aromatic rings. The van der Waals surface area contributed by atoms with Gasteiger partial charge in [0.2, 0.25) is 10.0 Å². The molecule has 2 amide bonds. The fourth-order valence-electron chi connectivity index (χ4n) is 1.92. The monoisotopic (exact) mass is 517 g/mol. The zero-order valence-corrected chi connectivity index (χ0v) is 19.6. The van der Waals surface area contributed by atoms with Gasteiger partial charge in [-0.3, -0.25) is 0 Å². The molecule has 0 aliphatic rings. The molecule has 0 aliphatic carbocycles. The van der Waals surface area contributed by atoms with Gasteiger partial charge < -0.3 is 5.32 Å². The first-order valence-electron chi connectivity index (χ1n) is 8.20. The molecule has 0 spiro atoms. The summed E-state index contributed by atoms with van der Waals surface area (Å²) in [6.07, 6.45) is 0. The molecule has 0 aromatic heterocycles. The van der Waals surface area contributed by atoms with Gasteiger partial charge in [0, 0.05) is 5.54 Å². The molecule has 8 nitrogen and oxygen atoms in total. The number of rotatable bonds is 3. The Kier molecular flexibility index (Phi) is 8.80. The fraction of sp³-hybridized carbons (Fsp3) is 0.235. The summed E-state index contributed by atoms with van der Waals surface area (Å²) in [6.45, 7) is 5.07. The molecule has 0 aliphatic heterocycles. The van der Waals surface area contributed by atoms with Crippen molar-refractivity contribution in [2.75, 3.05) is 0 Å². The molecule has 4 N–H and O–H groups in total. The van der Waals surface area contributed by atoms with Crippen LogP contribution in [0.1, 0.15) is 20.8 Å². The zero-order valence-electron chi connectivity index (χ0n) is 16.4. The minimum atomic E-state index is -4.22. The Morgan fingerprint density at radius 2 is 1.32 bits per heavy atom. The molecule has 14 heteroatoms. The van der Waals surface area contributed by atoms with Crippen molar-refractivity contribution in [2.24, 2.45) is 5.14 Å². The third-order valence-electron chi connectivity index (χ3n) is 3.10. The van der Waals surface area contributed by atoms with Gasteiger partial charge in [-0.25, -0.2) is 40.3 Å². The molecular weight excluding hydrogens is 499 g/mol. The summed E-state index contributed by atoms with van der Waals surface area (Å²) < 4.78 is 72.5. The number of benzene rings is 2. The molecule has 31 heavy (non-hydrogen) atoms. The lowest BCUT2D eigenvalue weighted by atomic mass is 10.1. The standard InChI is InChI=1S/C11H14ClFN2O3S.C6H5ClFNO2S/c1-11(2,3)14-10(16)15-19(17,18)9-6-7(13)4-5-8(9)12;7-5-2-1-4(8)3-6(5)12(9,10)11/h4-6H,1-3H3,(H2,14,15,16);1-3H,(H2,9,10,11). The molecule has 0 fully saturated rings. The first-order chi connectivity index (χ1) is 13.9.